The molecule has 0 fully saturated rings. The van der Waals surface area contributed by atoms with Crippen LogP contribution in [0, 0.1) is 0 Å². The molecule has 108 valence electrons. The van der Waals surface area contributed by atoms with Gasteiger partial charge >= 0.3 is 6.36 Å². The summed E-state index contributed by atoms with van der Waals surface area (Å²) in [4.78, 5) is 3.94. The number of oxazole rings is 1. The Morgan fingerprint density at radius 2 is 1.76 bits per heavy atom. The molecule has 3 aromatic rings. The summed E-state index contributed by atoms with van der Waals surface area (Å²) in [6, 6.07) is 10.9. The summed E-state index contributed by atoms with van der Waals surface area (Å²) in [5.74, 6) is -0.352. The van der Waals surface area contributed by atoms with Crippen LogP contribution in [0.15, 0.2) is 46.9 Å². The van der Waals surface area contributed by atoms with Crippen LogP contribution in [0.25, 0.3) is 22.2 Å². The molecule has 0 atom stereocenters. The summed E-state index contributed by atoms with van der Waals surface area (Å²) in [6.45, 7) is 0. The number of alkyl halides is 3. The molecular formula is C14H9F3N2O2. The van der Waals surface area contributed by atoms with Crippen molar-refractivity contribution in [3.05, 3.63) is 42.5 Å². The number of benzene rings is 2. The second-order valence-electron chi connectivity index (χ2n) is 4.25. The first-order valence-electron chi connectivity index (χ1n) is 5.94. The molecule has 0 amide bonds. The average molecular weight is 294 g/mol. The molecule has 1 heterocycles. The monoisotopic (exact) mass is 294 g/mol. The molecule has 0 saturated heterocycles. The van der Waals surface area contributed by atoms with Gasteiger partial charge in [0.15, 0.2) is 5.58 Å². The van der Waals surface area contributed by atoms with Crippen LogP contribution in [-0.2, 0) is 0 Å². The van der Waals surface area contributed by atoms with E-state index in [1.807, 2.05) is 0 Å². The van der Waals surface area contributed by atoms with Crippen molar-refractivity contribution in [2.75, 3.05) is 5.73 Å². The van der Waals surface area contributed by atoms with Gasteiger partial charge in [0.1, 0.15) is 11.3 Å². The second kappa shape index (κ2) is 4.69. The zero-order chi connectivity index (χ0) is 15.0. The van der Waals surface area contributed by atoms with E-state index in [0.29, 0.717) is 11.1 Å². The molecule has 0 bridgehead atoms. The Balaban J connectivity index is 2.27. The van der Waals surface area contributed by atoms with Gasteiger partial charge in [0.25, 0.3) is 6.01 Å². The minimum Gasteiger partial charge on any atom is -0.424 e. The Kier molecular flexibility index (Phi) is 2.97. The highest BCUT2D eigenvalue weighted by molar-refractivity contribution is 5.95. The van der Waals surface area contributed by atoms with Crippen LogP contribution in [0.2, 0.25) is 0 Å². The number of aromatic nitrogens is 1. The number of nitrogens with two attached hydrogens (primary N) is 1. The van der Waals surface area contributed by atoms with E-state index in [9.17, 15) is 13.2 Å². The van der Waals surface area contributed by atoms with Gasteiger partial charge in [0.05, 0.1) is 5.56 Å². The van der Waals surface area contributed by atoms with E-state index >= 15 is 0 Å². The first-order chi connectivity index (χ1) is 9.94. The van der Waals surface area contributed by atoms with Crippen LogP contribution in [0.4, 0.5) is 19.2 Å². The Bertz CT molecular complexity index is 782. The van der Waals surface area contributed by atoms with Gasteiger partial charge in [0.2, 0.25) is 0 Å². The maximum atomic E-state index is 12.6. The van der Waals surface area contributed by atoms with Crippen molar-refractivity contribution in [1.29, 1.82) is 0 Å². The average Bonchev–Trinajstić information content (AvgIpc) is 2.78. The molecule has 3 rings (SSSR count). The van der Waals surface area contributed by atoms with Gasteiger partial charge < -0.3 is 14.9 Å². The van der Waals surface area contributed by atoms with Gasteiger partial charge in [-0.15, -0.1) is 13.2 Å². The summed E-state index contributed by atoms with van der Waals surface area (Å²) < 4.78 is 46.9. The van der Waals surface area contributed by atoms with E-state index in [1.165, 1.54) is 12.1 Å². The van der Waals surface area contributed by atoms with Crippen LogP contribution in [0.3, 0.4) is 0 Å². The highest BCUT2D eigenvalue weighted by Gasteiger charge is 2.33. The quantitative estimate of drug-likeness (QED) is 0.776. The summed E-state index contributed by atoms with van der Waals surface area (Å²) >= 11 is 0. The third-order valence-corrected chi connectivity index (χ3v) is 2.83. The largest absolute Gasteiger partial charge is 0.573 e. The normalized spacial score (nSPS) is 11.8. The molecule has 0 unspecified atom stereocenters. The number of rotatable bonds is 2. The van der Waals surface area contributed by atoms with Crippen LogP contribution < -0.4 is 10.5 Å². The minimum atomic E-state index is -4.80. The van der Waals surface area contributed by atoms with Crippen LogP contribution in [0.5, 0.6) is 5.75 Å². The van der Waals surface area contributed by atoms with Crippen LogP contribution in [-0.4, -0.2) is 11.3 Å². The molecule has 0 aliphatic rings. The van der Waals surface area contributed by atoms with Crippen molar-refractivity contribution in [3.63, 3.8) is 0 Å². The molecule has 7 heteroatoms. The number of ether oxygens (including phenoxy) is 1. The standard InChI is InChI=1S/C14H9F3N2O2/c15-14(16,17)21-9-6-7-10-12(19-13(18)20-10)11(9)8-4-2-1-3-5-8/h1-7H,(H2,18,19). The lowest BCUT2D eigenvalue weighted by Crippen LogP contribution is -2.17. The number of halogens is 3. The highest BCUT2D eigenvalue weighted by atomic mass is 19.4. The zero-order valence-corrected chi connectivity index (χ0v) is 10.5. The van der Waals surface area contributed by atoms with E-state index < -0.39 is 6.36 Å². The van der Waals surface area contributed by atoms with Crippen molar-refractivity contribution < 1.29 is 22.3 Å². The predicted molar refractivity (Wildman–Crippen MR) is 70.5 cm³/mol. The van der Waals surface area contributed by atoms with E-state index in [1.54, 1.807) is 30.3 Å². The van der Waals surface area contributed by atoms with Crippen molar-refractivity contribution in [2.24, 2.45) is 0 Å². The zero-order valence-electron chi connectivity index (χ0n) is 10.5. The van der Waals surface area contributed by atoms with Crippen molar-refractivity contribution in [2.45, 2.75) is 6.36 Å². The van der Waals surface area contributed by atoms with Gasteiger partial charge in [0, 0.05) is 0 Å². The molecule has 4 nitrogen and oxygen atoms in total. The van der Waals surface area contributed by atoms with Crippen LogP contribution in [0.1, 0.15) is 0 Å². The molecule has 21 heavy (non-hydrogen) atoms. The fourth-order valence-electron chi connectivity index (χ4n) is 2.09. The molecular weight excluding hydrogens is 285 g/mol. The molecule has 0 saturated carbocycles. The second-order valence-corrected chi connectivity index (χ2v) is 4.25. The third-order valence-electron chi connectivity index (χ3n) is 2.83. The first kappa shape index (κ1) is 13.3. The number of nitrogens with zero attached hydrogens (tertiary/aromatic N) is 1. The first-order valence-corrected chi connectivity index (χ1v) is 5.94. The highest BCUT2D eigenvalue weighted by Crippen LogP contribution is 2.39. The Morgan fingerprint density at radius 1 is 1.05 bits per heavy atom. The predicted octanol–water partition coefficient (Wildman–Crippen LogP) is 3.98. The number of fused-ring (bicyclic) bond motifs is 1. The summed E-state index contributed by atoms with van der Waals surface area (Å²) in [5, 5.41) is 0. The summed E-state index contributed by atoms with van der Waals surface area (Å²) in [7, 11) is 0. The van der Waals surface area contributed by atoms with Crippen molar-refractivity contribution >= 4 is 17.1 Å². The van der Waals surface area contributed by atoms with Gasteiger partial charge in [-0.05, 0) is 17.7 Å². The van der Waals surface area contributed by atoms with Crippen molar-refractivity contribution in [3.8, 4) is 16.9 Å². The summed E-state index contributed by atoms with van der Waals surface area (Å²) in [6.07, 6.45) is -4.80. The fourth-order valence-corrected chi connectivity index (χ4v) is 2.09. The lowest BCUT2D eigenvalue weighted by atomic mass is 10.0. The number of anilines is 1. The van der Waals surface area contributed by atoms with Gasteiger partial charge in [-0.3, -0.25) is 0 Å². The Morgan fingerprint density at radius 3 is 2.43 bits per heavy atom. The lowest BCUT2D eigenvalue weighted by Gasteiger charge is -2.13. The maximum Gasteiger partial charge on any atom is 0.573 e. The van der Waals surface area contributed by atoms with Crippen molar-refractivity contribution in [1.82, 2.24) is 4.98 Å². The van der Waals surface area contributed by atoms with Gasteiger partial charge in [-0.1, -0.05) is 30.3 Å². The number of hydrogen-bond acceptors (Lipinski definition) is 4. The molecule has 0 radical (unpaired) electrons. The molecule has 0 aliphatic heterocycles. The molecule has 2 aromatic carbocycles. The molecule has 0 spiro atoms. The molecule has 1 aromatic heterocycles. The topological polar surface area (TPSA) is 61.3 Å². The summed E-state index contributed by atoms with van der Waals surface area (Å²) in [5.41, 5.74) is 6.70. The fraction of sp³-hybridized carbons (Fsp3) is 0.0714. The van der Waals surface area contributed by atoms with E-state index in [4.69, 9.17) is 10.2 Å². The SMILES string of the molecule is Nc1nc2c(-c3ccccc3)c(OC(F)(F)F)ccc2o1. The number of nitrogen functional groups attached to an aromatic ring is 1. The van der Waals surface area contributed by atoms with Gasteiger partial charge in [-0.2, -0.15) is 4.98 Å². The number of hydrogen-bond donors (Lipinski definition) is 1. The molecule has 2 N–H and O–H groups in total. The van der Waals surface area contributed by atoms with Crippen LogP contribution >= 0.6 is 0 Å². The smallest absolute Gasteiger partial charge is 0.424 e. The van der Waals surface area contributed by atoms with E-state index in [2.05, 4.69) is 9.72 Å². The lowest BCUT2D eigenvalue weighted by molar-refractivity contribution is -0.274. The molecule has 0 aliphatic carbocycles. The Labute approximate surface area is 116 Å². The third kappa shape index (κ3) is 2.62. The maximum absolute atomic E-state index is 12.6. The Hall–Kier alpha value is -2.70. The van der Waals surface area contributed by atoms with E-state index in [0.717, 1.165) is 0 Å². The minimum absolute atomic E-state index is 0.119. The van der Waals surface area contributed by atoms with E-state index in [-0.39, 0.29) is 22.8 Å². The van der Waals surface area contributed by atoms with Gasteiger partial charge in [-0.25, -0.2) is 0 Å².